The number of benzene rings is 11. The number of anilines is 2. The molecule has 11 aromatic rings. The summed E-state index contributed by atoms with van der Waals surface area (Å²) in [7, 11) is 1.68. The van der Waals surface area contributed by atoms with E-state index in [9.17, 15) is 48.3 Å². The van der Waals surface area contributed by atoms with E-state index < -0.39 is 27.3 Å². The fourth-order valence-electron chi connectivity index (χ4n) is 10.3. The average molecular weight is 1910 g/mol. The summed E-state index contributed by atoms with van der Waals surface area (Å²) >= 11 is 28.4. The van der Waals surface area contributed by atoms with Crippen LogP contribution in [0.4, 0.5) is 41.6 Å². The summed E-state index contributed by atoms with van der Waals surface area (Å²) in [6.45, 7) is 38.7. The SMILES string of the molecule is CC(=O)Nc1cc(C)ccc1C.CC1=C(C)C(N)=CC=I1.CCOc1ccc(C)cc1[N+](=O)[O-].COc1ccccc1C.Cc1cc(C)c([N+](=O)[O-])c(C(F)(F)F)c1.Cc1ccc(C)c(NCCCCCN)c1.Cc1ccc(C)cc1.Cc1ccc(Cl)c(Cl)c1.Cc1ccc(Cl)cc1.Cc1cccc(Cl)c1.Cc1cccc(Cl)c1.Cc1ccccc1[N+](=O)[O-]. The van der Waals surface area contributed by atoms with Crippen LogP contribution in [-0.2, 0) is 11.0 Å². The van der Waals surface area contributed by atoms with E-state index in [1.54, 1.807) is 57.4 Å². The van der Waals surface area contributed by atoms with E-state index in [0.29, 0.717) is 33.5 Å². The van der Waals surface area contributed by atoms with Crippen LogP contribution in [0, 0.1) is 134 Å². The van der Waals surface area contributed by atoms with Gasteiger partial charge in [0.25, 0.3) is 11.4 Å². The molecule has 12 rings (SSSR count). The molecule has 11 aromatic carbocycles. The zero-order chi connectivity index (χ0) is 93.8. The second-order valence-corrected chi connectivity index (χ2v) is 33.6. The monoisotopic (exact) mass is 1910 g/mol. The first kappa shape index (κ1) is 112. The Balaban J connectivity index is 0.000000681. The Kier molecular flexibility index (Phi) is 54.9. The van der Waals surface area contributed by atoms with Gasteiger partial charge >= 0.3 is 11.9 Å². The molecule has 0 fully saturated rings. The predicted octanol–water partition coefficient (Wildman–Crippen LogP) is 30.0. The fraction of sp³-hybridized carbons (Fsp3) is 0.273. The van der Waals surface area contributed by atoms with Crippen LogP contribution in [0.15, 0.2) is 251 Å². The number of para-hydroxylation sites is 2. The third-order valence-electron chi connectivity index (χ3n) is 17.1. The van der Waals surface area contributed by atoms with E-state index in [1.165, 1.54) is 111 Å². The quantitative estimate of drug-likeness (QED) is 0.0365. The van der Waals surface area contributed by atoms with Crippen molar-refractivity contribution in [3.63, 3.8) is 0 Å². The number of nitro benzene ring substituents is 3. The molecule has 1 aliphatic heterocycles. The van der Waals surface area contributed by atoms with Crippen molar-refractivity contribution in [3.05, 3.63) is 396 Å². The zero-order valence-corrected chi connectivity index (χ0v) is 80.3. The Hall–Kier alpha value is -10.4. The number of rotatable bonds is 13. The van der Waals surface area contributed by atoms with E-state index in [1.807, 2.05) is 189 Å². The van der Waals surface area contributed by atoms with E-state index in [2.05, 4.69) is 98.7 Å². The number of hydrogen-bond acceptors (Lipinski definition) is 12. The Bertz CT molecular complexity index is 5060. The third-order valence-corrected chi connectivity index (χ3v) is 21.1. The normalized spacial score (nSPS) is 10.5. The first-order chi connectivity index (χ1) is 58.3. The number of nitrogens with two attached hydrogens (primary N) is 2. The molecule has 16 nitrogen and oxygen atoms in total. The molecule has 1 heterocycles. The molecule has 0 unspecified atom stereocenters. The topological polar surface area (TPSA) is 241 Å². The number of hydrogen-bond donors (Lipinski definition) is 4. The molecule has 0 saturated carbocycles. The number of allylic oxidation sites excluding steroid dienone is 3. The van der Waals surface area contributed by atoms with Gasteiger partial charge in [0.1, 0.15) is 11.3 Å². The van der Waals surface area contributed by atoms with Crippen LogP contribution in [0.1, 0.15) is 136 Å². The van der Waals surface area contributed by atoms with Crippen molar-refractivity contribution < 1.29 is 42.2 Å². The second kappa shape index (κ2) is 61.0. The number of alkyl halides is 3. The van der Waals surface area contributed by atoms with Gasteiger partial charge in [-0.2, -0.15) is 13.2 Å². The molecule has 1 aliphatic rings. The Morgan fingerprint density at radius 3 is 1.31 bits per heavy atom. The number of unbranched alkanes of at least 4 members (excludes halogenated alkanes) is 2. The minimum absolute atomic E-state index is 0.0207. The third kappa shape index (κ3) is 48.6. The van der Waals surface area contributed by atoms with Crippen LogP contribution in [-0.4, -0.2) is 51.5 Å². The first-order valence-corrected chi connectivity index (χ1v) is 43.6. The van der Waals surface area contributed by atoms with Gasteiger partial charge in [-0.25, -0.2) is 0 Å². The highest BCUT2D eigenvalue weighted by atomic mass is 127. The molecule has 666 valence electrons. The van der Waals surface area contributed by atoms with Gasteiger partial charge in [-0.05, 0) is 304 Å². The Morgan fingerprint density at radius 1 is 0.444 bits per heavy atom. The van der Waals surface area contributed by atoms with Gasteiger partial charge in [0.15, 0.2) is 5.75 Å². The summed E-state index contributed by atoms with van der Waals surface area (Å²) in [5.41, 5.74) is 29.1. The lowest BCUT2D eigenvalue weighted by molar-refractivity contribution is -0.388. The summed E-state index contributed by atoms with van der Waals surface area (Å²) in [5.74, 6) is 1.26. The predicted molar refractivity (Wildman–Crippen MR) is 526 cm³/mol. The van der Waals surface area contributed by atoms with Gasteiger partial charge in [-0.15, -0.1) is 0 Å². The van der Waals surface area contributed by atoms with E-state index in [4.69, 9.17) is 78.9 Å². The van der Waals surface area contributed by atoms with Crippen LogP contribution in [0.3, 0.4) is 0 Å². The van der Waals surface area contributed by atoms with Crippen molar-refractivity contribution in [2.24, 2.45) is 11.5 Å². The number of halogens is 9. The van der Waals surface area contributed by atoms with E-state index in [0.717, 1.165) is 80.0 Å². The Morgan fingerprint density at radius 2 is 0.903 bits per heavy atom. The molecule has 0 saturated heterocycles. The lowest BCUT2D eigenvalue weighted by Gasteiger charge is -2.10. The molecule has 6 N–H and O–H groups in total. The standard InChI is InChI=1S/C13H22N2.C10H13NO.C9H8F3NO2.C9H11NO3.C8H10O.C8H10.C7H6Cl2.3C7H7Cl.C7H10IN.C7H7NO2/c1-11-6-7-12(2)13(10-11)15-9-5-3-4-8-14;1-7-4-5-8(2)10(6-7)11-9(3)12;1-5-3-6(2)8(13(14)15)7(4-5)9(10,11)12;1-3-13-9-5-4-7(2)6-8(9)10(11)12;1-7-5-3-4-6-8(7)9-2;1-7-3-5-8(2)6-4-7;1-5-2-3-6(8)7(9)4-5;1-6-2-4-7(8)5-3-6;2*1-6-3-2-4-7(8)5-6;1-5-6(2)8-4-3-7(5)9;1-6-4-2-3-5-7(6)8(9)10/h6-7,10,15H,3-5,8-9,14H2,1-2H3;4-6H,1-3H3,(H,11,12);3-4H,1-2H3;4-6H,3H2,1-2H3;3-6H,1-2H3;3-6H,1-2H3;2-4H,1H3;3*2-5H,1H3;3-4H,9H2,1-2H3;2-5H,1H3. The largest absolute Gasteiger partial charge is 0.496 e. The number of methoxy groups -OCH3 is 1. The number of carbonyl (C=O) groups is 1. The molecule has 0 aliphatic carbocycles. The Labute approximate surface area is 766 Å². The maximum absolute atomic E-state index is 12.5. The van der Waals surface area contributed by atoms with Gasteiger partial charge in [-0.3, -0.25) is 35.1 Å². The maximum Gasteiger partial charge on any atom is 0.423 e. The molecule has 0 radical (unpaired) electrons. The van der Waals surface area contributed by atoms with E-state index in [-0.39, 0.29) is 48.5 Å². The summed E-state index contributed by atoms with van der Waals surface area (Å²) in [6, 6.07) is 71.5. The molecular formula is C99H118Cl5F3IN7O9. The zero-order valence-electron chi connectivity index (χ0n) is 74.4. The van der Waals surface area contributed by atoms with Crippen molar-refractivity contribution in [3.8, 4) is 11.5 Å². The van der Waals surface area contributed by atoms with Crippen molar-refractivity contribution in [2.75, 3.05) is 37.4 Å². The molecule has 0 aromatic heterocycles. The number of nitrogens with one attached hydrogen (secondary N) is 2. The lowest BCUT2D eigenvalue weighted by atomic mass is 10.0. The summed E-state index contributed by atoms with van der Waals surface area (Å²) < 4.78 is 51.2. The summed E-state index contributed by atoms with van der Waals surface area (Å²) in [4.78, 5) is 40.3. The summed E-state index contributed by atoms with van der Waals surface area (Å²) in [6.07, 6.45) is 0.877. The molecule has 1 amide bonds. The van der Waals surface area contributed by atoms with Crippen LogP contribution in [0.5, 0.6) is 11.5 Å². The molecule has 0 bridgehead atoms. The van der Waals surface area contributed by atoms with Gasteiger partial charge in [0.2, 0.25) is 5.91 Å². The van der Waals surface area contributed by atoms with Crippen LogP contribution >= 0.6 is 78.7 Å². The number of amides is 1. The van der Waals surface area contributed by atoms with Crippen LogP contribution < -0.4 is 31.6 Å². The van der Waals surface area contributed by atoms with E-state index >= 15 is 0 Å². The van der Waals surface area contributed by atoms with Crippen LogP contribution in [0.25, 0.3) is 0 Å². The molecule has 124 heavy (non-hydrogen) atoms. The number of nitrogens with zero attached hydrogens (tertiary/aromatic N) is 3. The lowest BCUT2D eigenvalue weighted by Crippen LogP contribution is -2.10. The highest BCUT2D eigenvalue weighted by molar-refractivity contribution is 14.2. The number of carbonyl (C=O) groups excluding carboxylic acids is 1. The summed E-state index contributed by atoms with van der Waals surface area (Å²) in [5, 5.41) is 41.2. The fourth-order valence-corrected chi connectivity index (χ4v) is 13.1. The average Bonchev–Trinajstić information content (AvgIpc) is 0.794. The molecular weight excluding hydrogens is 1790 g/mol. The maximum atomic E-state index is 12.5. The van der Waals surface area contributed by atoms with Crippen molar-refractivity contribution >= 4 is 117 Å². The van der Waals surface area contributed by atoms with Gasteiger partial charge in [0.05, 0.1) is 38.5 Å². The number of ether oxygens (including phenoxy) is 2. The molecule has 0 atom stereocenters. The number of nitro groups is 3. The van der Waals surface area contributed by atoms with Crippen LogP contribution in [0.2, 0.25) is 25.1 Å². The van der Waals surface area contributed by atoms with Gasteiger partial charge in [0, 0.05) is 68.9 Å². The molecule has 0 spiro atoms. The molecule has 25 heteroatoms. The van der Waals surface area contributed by atoms with Gasteiger partial charge in [-0.1, -0.05) is 235 Å². The van der Waals surface area contributed by atoms with Crippen molar-refractivity contribution in [1.29, 1.82) is 0 Å². The second-order valence-electron chi connectivity index (χ2n) is 28.5. The van der Waals surface area contributed by atoms with Crippen molar-refractivity contribution in [1.82, 2.24) is 0 Å². The first-order valence-electron chi connectivity index (χ1n) is 39.4. The minimum Gasteiger partial charge on any atom is -0.496 e. The van der Waals surface area contributed by atoms with Gasteiger partial charge < -0.3 is 31.6 Å². The van der Waals surface area contributed by atoms with Crippen molar-refractivity contribution in [2.45, 2.75) is 157 Å². The highest BCUT2D eigenvalue weighted by Gasteiger charge is 2.39. The smallest absolute Gasteiger partial charge is 0.423 e. The highest BCUT2D eigenvalue weighted by Crippen LogP contribution is 2.39. The number of aryl methyl sites for hydroxylation is 15. The minimum atomic E-state index is -4.70.